The number of benzene rings is 4. The first kappa shape index (κ1) is 38.9. The van der Waals surface area contributed by atoms with Gasteiger partial charge in [0.05, 0.1) is 27.3 Å². The van der Waals surface area contributed by atoms with Crippen LogP contribution in [0.25, 0.3) is 10.8 Å². The van der Waals surface area contributed by atoms with Crippen molar-refractivity contribution in [2.45, 2.75) is 47.8 Å². The van der Waals surface area contributed by atoms with Crippen molar-refractivity contribution in [3.8, 4) is 5.75 Å². The number of phenols is 1. The molecular formula is C29H25Cl2N3Na2O8S2. The van der Waals surface area contributed by atoms with Crippen molar-refractivity contribution in [3.05, 3.63) is 81.8 Å². The van der Waals surface area contributed by atoms with Gasteiger partial charge in [0, 0.05) is 69.5 Å². The van der Waals surface area contributed by atoms with Crippen molar-refractivity contribution < 1.29 is 35.8 Å². The second-order valence-corrected chi connectivity index (χ2v) is 13.9. The molecule has 0 unspecified atom stereocenters. The average molecular weight is 725 g/mol. The molecule has 1 amide bonds. The van der Waals surface area contributed by atoms with Crippen molar-refractivity contribution in [1.82, 2.24) is 0 Å². The molecule has 4 aromatic rings. The van der Waals surface area contributed by atoms with Crippen molar-refractivity contribution in [2.24, 2.45) is 10.2 Å². The predicted octanol–water partition coefficient (Wildman–Crippen LogP) is 7.30. The van der Waals surface area contributed by atoms with E-state index in [1.165, 1.54) is 24.6 Å². The molecule has 1 saturated carbocycles. The Morgan fingerprint density at radius 3 is 2.04 bits per heavy atom. The molecule has 11 nitrogen and oxygen atoms in total. The Morgan fingerprint density at radius 2 is 1.43 bits per heavy atom. The zero-order chi connectivity index (χ0) is 31.8. The fraction of sp³-hybridized carbons (Fsp3) is 0.207. The van der Waals surface area contributed by atoms with E-state index in [4.69, 9.17) is 23.2 Å². The Hall–Kier alpha value is -1.59. The maximum absolute atomic E-state index is 13.1. The van der Waals surface area contributed by atoms with Gasteiger partial charge in [0.2, 0.25) is 0 Å². The number of halogens is 2. The summed E-state index contributed by atoms with van der Waals surface area (Å²) in [6.45, 7) is 0. The van der Waals surface area contributed by atoms with E-state index < -0.39 is 58.1 Å². The van der Waals surface area contributed by atoms with Crippen LogP contribution in [0.15, 0.2) is 80.7 Å². The maximum atomic E-state index is 13.1. The smallest absolute Gasteiger partial charge is 0.296 e. The van der Waals surface area contributed by atoms with Crippen LogP contribution in [0, 0.1) is 0 Å². The molecule has 1 aliphatic rings. The molecule has 0 bridgehead atoms. The number of carbonyl (C=O) groups excluding carboxylic acids is 1. The molecule has 0 atom stereocenters. The summed E-state index contributed by atoms with van der Waals surface area (Å²) in [5.74, 6) is -1.33. The van der Waals surface area contributed by atoms with Gasteiger partial charge in [-0.15, -0.1) is 5.11 Å². The monoisotopic (exact) mass is 723 g/mol. The van der Waals surface area contributed by atoms with Gasteiger partial charge in [-0.25, -0.2) is 0 Å². The third kappa shape index (κ3) is 8.70. The Labute approximate surface area is 319 Å². The summed E-state index contributed by atoms with van der Waals surface area (Å²) in [7, 11) is -10.1. The van der Waals surface area contributed by atoms with Gasteiger partial charge in [-0.2, -0.15) is 21.9 Å². The number of azo groups is 1. The van der Waals surface area contributed by atoms with Crippen LogP contribution in [0.5, 0.6) is 5.75 Å². The van der Waals surface area contributed by atoms with Gasteiger partial charge in [-0.1, -0.05) is 54.6 Å². The number of nitrogens with zero attached hydrogens (tertiary/aromatic N) is 2. The van der Waals surface area contributed by atoms with Crippen molar-refractivity contribution in [3.63, 3.8) is 0 Å². The van der Waals surface area contributed by atoms with E-state index in [2.05, 4.69) is 15.5 Å². The number of amides is 1. The summed E-state index contributed by atoms with van der Waals surface area (Å²) in [4.78, 5) is 11.3. The molecule has 232 valence electrons. The molecule has 0 aromatic heterocycles. The topological polar surface area (TPSA) is 183 Å². The van der Waals surface area contributed by atoms with Crippen LogP contribution in [0.2, 0.25) is 10.0 Å². The van der Waals surface area contributed by atoms with Gasteiger partial charge in [0.15, 0.2) is 5.75 Å². The van der Waals surface area contributed by atoms with Gasteiger partial charge < -0.3 is 10.4 Å². The quantitative estimate of drug-likeness (QED) is 0.0870. The Morgan fingerprint density at radius 1 is 0.804 bits per heavy atom. The Balaban J connectivity index is 0.00000288. The largest absolute Gasteiger partial charge is 0.505 e. The van der Waals surface area contributed by atoms with E-state index in [0.29, 0.717) is 17.7 Å². The second-order valence-electron chi connectivity index (χ2n) is 10.3. The number of hydrogen-bond donors (Lipinski definition) is 4. The fourth-order valence-corrected chi connectivity index (χ4v) is 6.98. The number of carbonyl (C=O) groups is 1. The molecule has 46 heavy (non-hydrogen) atoms. The summed E-state index contributed by atoms with van der Waals surface area (Å²) in [6, 6.07) is 13.9. The summed E-state index contributed by atoms with van der Waals surface area (Å²) < 4.78 is 69.0. The maximum Gasteiger partial charge on any atom is 0.296 e. The van der Waals surface area contributed by atoms with Crippen LogP contribution in [0.4, 0.5) is 17.1 Å². The third-order valence-electron chi connectivity index (χ3n) is 7.39. The van der Waals surface area contributed by atoms with Gasteiger partial charge in [-0.05, 0) is 72.9 Å². The SMILES string of the molecule is O=C(Nc1ccc(S(=O)(=O)O)c2cc(S(=O)(=O)O)c(N=Nc3ccc(C4CCCCC4)cc3)c(O)c12)c1cc(Cl)ccc1Cl.[Na].[Na]. The molecule has 0 heterocycles. The molecule has 5 rings (SSSR count). The molecule has 2 radical (unpaired) electrons. The number of fused-ring (bicyclic) bond motifs is 1. The van der Waals surface area contributed by atoms with Gasteiger partial charge in [-0.3, -0.25) is 13.9 Å². The van der Waals surface area contributed by atoms with Crippen molar-refractivity contribution >= 4 is 136 Å². The molecule has 4 N–H and O–H groups in total. The molecule has 1 aliphatic carbocycles. The van der Waals surface area contributed by atoms with E-state index in [-0.39, 0.29) is 80.4 Å². The van der Waals surface area contributed by atoms with Gasteiger partial charge in [0.25, 0.3) is 26.1 Å². The normalized spacial score (nSPS) is 14.1. The Kier molecular flexibility index (Phi) is 13.3. The molecule has 4 aromatic carbocycles. The first-order valence-corrected chi connectivity index (χ1v) is 16.9. The van der Waals surface area contributed by atoms with Crippen LogP contribution in [-0.4, -0.2) is 96.1 Å². The van der Waals surface area contributed by atoms with Crippen LogP contribution in [0.3, 0.4) is 0 Å². The van der Waals surface area contributed by atoms with Gasteiger partial charge >= 0.3 is 0 Å². The van der Waals surface area contributed by atoms with Crippen LogP contribution >= 0.6 is 23.2 Å². The molecule has 17 heteroatoms. The number of aromatic hydroxyl groups is 1. The number of hydrogen-bond acceptors (Lipinski definition) is 8. The standard InChI is InChI=1S/C29H25Cl2N3O8S2.2Na/c30-18-8-11-22(31)20(14-18)29(36)32-23-12-13-24(43(37,38)39)21-15-25(44(40,41)42)27(28(35)26(21)23)34-33-19-9-6-17(7-10-19)16-4-2-1-3-5-16;;/h6-16,35H,1-5H2,(H,32,36)(H,37,38,39)(H,40,41,42);;. The van der Waals surface area contributed by atoms with E-state index in [1.54, 1.807) is 12.1 Å². The minimum absolute atomic E-state index is 0. The molecule has 0 aliphatic heterocycles. The summed E-state index contributed by atoms with van der Waals surface area (Å²) in [5, 5.41) is 21.0. The summed E-state index contributed by atoms with van der Waals surface area (Å²) in [6.07, 6.45) is 5.67. The van der Waals surface area contributed by atoms with Crippen molar-refractivity contribution in [1.29, 1.82) is 0 Å². The fourth-order valence-electron chi connectivity index (χ4n) is 5.27. The van der Waals surface area contributed by atoms with E-state index in [9.17, 15) is 35.8 Å². The average Bonchev–Trinajstić information content (AvgIpc) is 2.97. The first-order valence-electron chi connectivity index (χ1n) is 13.3. The van der Waals surface area contributed by atoms with Crippen LogP contribution < -0.4 is 5.32 Å². The minimum atomic E-state index is -5.13. The third-order valence-corrected chi connectivity index (χ3v) is 9.73. The molecule has 0 saturated heterocycles. The summed E-state index contributed by atoms with van der Waals surface area (Å²) in [5.41, 5.74) is 0.438. The molecule has 1 fully saturated rings. The number of nitrogens with one attached hydrogen (secondary N) is 1. The zero-order valence-corrected chi connectivity index (χ0v) is 31.9. The molecular weight excluding hydrogens is 699 g/mol. The van der Waals surface area contributed by atoms with E-state index in [1.807, 2.05) is 12.1 Å². The first-order chi connectivity index (χ1) is 20.7. The van der Waals surface area contributed by atoms with Gasteiger partial charge in [0.1, 0.15) is 15.5 Å². The Bertz CT molecular complexity index is 2040. The van der Waals surface area contributed by atoms with Crippen LogP contribution in [0.1, 0.15) is 53.9 Å². The predicted molar refractivity (Wildman–Crippen MR) is 178 cm³/mol. The molecule has 0 spiro atoms. The number of anilines is 1. The van der Waals surface area contributed by atoms with Crippen molar-refractivity contribution in [2.75, 3.05) is 5.32 Å². The zero-order valence-electron chi connectivity index (χ0n) is 24.7. The van der Waals surface area contributed by atoms with E-state index in [0.717, 1.165) is 43.4 Å². The van der Waals surface area contributed by atoms with E-state index >= 15 is 0 Å². The second kappa shape index (κ2) is 15.7. The summed E-state index contributed by atoms with van der Waals surface area (Å²) >= 11 is 12.1. The number of rotatable bonds is 7. The minimum Gasteiger partial charge on any atom is -0.505 e. The van der Waals surface area contributed by atoms with Crippen LogP contribution in [-0.2, 0) is 20.2 Å². The number of phenolic OH excluding ortho intramolecular Hbond substituents is 1.